The fraction of sp³-hybridized carbons (Fsp3) is 0.333. The van der Waals surface area contributed by atoms with Crippen molar-refractivity contribution >= 4 is 11.8 Å². The van der Waals surface area contributed by atoms with Crippen LogP contribution in [0.1, 0.15) is 25.8 Å². The van der Waals surface area contributed by atoms with Crippen LogP contribution in [0.25, 0.3) is 0 Å². The van der Waals surface area contributed by atoms with Crippen LogP contribution in [0, 0.1) is 0 Å². The van der Waals surface area contributed by atoms with Gasteiger partial charge in [-0.1, -0.05) is 36.4 Å². The number of ketones is 1. The predicted octanol–water partition coefficient (Wildman–Crippen LogP) is 2.41. The van der Waals surface area contributed by atoms with Crippen LogP contribution in [0.5, 0.6) is 0 Å². The molecule has 0 heterocycles. The Bertz CT molecular complexity index is 488. The highest BCUT2D eigenvalue weighted by molar-refractivity contribution is 6.02. The van der Waals surface area contributed by atoms with E-state index in [9.17, 15) is 9.59 Å². The van der Waals surface area contributed by atoms with Gasteiger partial charge in [-0.05, 0) is 25.5 Å². The van der Waals surface area contributed by atoms with Crippen molar-refractivity contribution in [3.63, 3.8) is 0 Å². The fourth-order valence-electron chi connectivity index (χ4n) is 2.14. The highest BCUT2D eigenvalue weighted by atomic mass is 16.5. The number of hydrogen-bond donors (Lipinski definition) is 0. The molecule has 0 unspecified atom stereocenters. The second-order valence-corrected chi connectivity index (χ2v) is 4.77. The van der Waals surface area contributed by atoms with Crippen LogP contribution in [0.15, 0.2) is 42.5 Å². The van der Waals surface area contributed by atoms with Crippen molar-refractivity contribution in [2.24, 2.45) is 0 Å². The van der Waals surface area contributed by atoms with Gasteiger partial charge in [-0.25, -0.2) is 0 Å². The van der Waals surface area contributed by atoms with E-state index in [0.717, 1.165) is 5.56 Å². The molecule has 3 heteroatoms. The van der Waals surface area contributed by atoms with Crippen LogP contribution < -0.4 is 0 Å². The average Bonchev–Trinajstić information content (AvgIpc) is 2.73. The first-order valence-corrected chi connectivity index (χ1v) is 6.03. The molecular weight excluding hydrogens is 228 g/mol. The number of esters is 1. The van der Waals surface area contributed by atoms with E-state index in [1.165, 1.54) is 6.08 Å². The number of allylic oxidation sites excluding steroid dienone is 1. The number of ether oxygens (including phenoxy) is 1. The Morgan fingerprint density at radius 3 is 2.44 bits per heavy atom. The Hall–Kier alpha value is -1.90. The van der Waals surface area contributed by atoms with E-state index in [2.05, 4.69) is 0 Å². The molecule has 0 aromatic heterocycles. The summed E-state index contributed by atoms with van der Waals surface area (Å²) in [5.74, 6) is -0.398. The van der Waals surface area contributed by atoms with Gasteiger partial charge >= 0.3 is 5.97 Å². The summed E-state index contributed by atoms with van der Waals surface area (Å²) in [5, 5.41) is 0. The quantitative estimate of drug-likeness (QED) is 0.767. The molecule has 0 N–H and O–H groups in total. The summed E-state index contributed by atoms with van der Waals surface area (Å²) in [4.78, 5) is 23.8. The van der Waals surface area contributed by atoms with Crippen molar-refractivity contribution in [2.45, 2.75) is 31.8 Å². The molecule has 2 rings (SSSR count). The van der Waals surface area contributed by atoms with Gasteiger partial charge in [0.25, 0.3) is 0 Å². The Morgan fingerprint density at radius 2 is 1.94 bits per heavy atom. The summed E-state index contributed by atoms with van der Waals surface area (Å²) < 4.78 is 5.30. The molecule has 0 saturated heterocycles. The van der Waals surface area contributed by atoms with E-state index in [1.54, 1.807) is 19.9 Å². The Labute approximate surface area is 106 Å². The van der Waals surface area contributed by atoms with Gasteiger partial charge in [-0.2, -0.15) is 0 Å². The number of benzene rings is 1. The zero-order chi connectivity index (χ0) is 13.2. The summed E-state index contributed by atoms with van der Waals surface area (Å²) in [6.07, 6.45) is 3.09. The summed E-state index contributed by atoms with van der Waals surface area (Å²) in [6, 6.07) is 9.30. The standard InChI is InChI=1S/C15H16O3/c1-11(2)18-14(17)15(9-8-13(16)10-15)12-6-4-3-5-7-12/h3-9,11H,10H2,1-2H3/t15-/m0/s1. The van der Waals surface area contributed by atoms with E-state index < -0.39 is 5.41 Å². The lowest BCUT2D eigenvalue weighted by molar-refractivity contribution is -0.153. The average molecular weight is 244 g/mol. The van der Waals surface area contributed by atoms with Crippen molar-refractivity contribution in [1.82, 2.24) is 0 Å². The van der Waals surface area contributed by atoms with Crippen molar-refractivity contribution in [1.29, 1.82) is 0 Å². The van der Waals surface area contributed by atoms with Crippen LogP contribution >= 0.6 is 0 Å². The summed E-state index contributed by atoms with van der Waals surface area (Å²) >= 11 is 0. The molecule has 1 aromatic rings. The maximum Gasteiger partial charge on any atom is 0.321 e. The minimum atomic E-state index is -0.942. The molecule has 0 bridgehead atoms. The molecule has 0 radical (unpaired) electrons. The molecule has 3 nitrogen and oxygen atoms in total. The van der Waals surface area contributed by atoms with Gasteiger partial charge in [-0.3, -0.25) is 9.59 Å². The lowest BCUT2D eigenvalue weighted by Crippen LogP contribution is -2.36. The van der Waals surface area contributed by atoms with Gasteiger partial charge in [0.05, 0.1) is 6.10 Å². The first-order valence-electron chi connectivity index (χ1n) is 6.03. The van der Waals surface area contributed by atoms with Gasteiger partial charge in [-0.15, -0.1) is 0 Å². The minimum Gasteiger partial charge on any atom is -0.462 e. The highest BCUT2D eigenvalue weighted by Crippen LogP contribution is 2.36. The van der Waals surface area contributed by atoms with Crippen molar-refractivity contribution in [3.05, 3.63) is 48.0 Å². The molecule has 0 spiro atoms. The zero-order valence-electron chi connectivity index (χ0n) is 10.6. The molecule has 1 aliphatic rings. The maximum absolute atomic E-state index is 12.3. The first kappa shape index (κ1) is 12.6. The van der Waals surface area contributed by atoms with E-state index in [-0.39, 0.29) is 24.3 Å². The minimum absolute atomic E-state index is 0.0421. The molecule has 18 heavy (non-hydrogen) atoms. The van der Waals surface area contributed by atoms with E-state index in [0.29, 0.717) is 0 Å². The molecule has 1 atom stereocenters. The lowest BCUT2D eigenvalue weighted by Gasteiger charge is -2.26. The largest absolute Gasteiger partial charge is 0.462 e. The molecule has 0 saturated carbocycles. The molecule has 1 aliphatic carbocycles. The Balaban J connectivity index is 2.40. The predicted molar refractivity (Wildman–Crippen MR) is 68.1 cm³/mol. The zero-order valence-corrected chi connectivity index (χ0v) is 10.6. The van der Waals surface area contributed by atoms with E-state index in [4.69, 9.17) is 4.74 Å². The van der Waals surface area contributed by atoms with E-state index in [1.807, 2.05) is 30.3 Å². The summed E-state index contributed by atoms with van der Waals surface area (Å²) in [6.45, 7) is 3.61. The van der Waals surface area contributed by atoms with Crippen LogP contribution in [-0.2, 0) is 19.7 Å². The van der Waals surface area contributed by atoms with Gasteiger partial charge < -0.3 is 4.74 Å². The molecule has 0 amide bonds. The van der Waals surface area contributed by atoms with Crippen LogP contribution in [0.3, 0.4) is 0 Å². The summed E-state index contributed by atoms with van der Waals surface area (Å²) in [5.41, 5.74) is -0.138. The van der Waals surface area contributed by atoms with Gasteiger partial charge in [0.2, 0.25) is 0 Å². The lowest BCUT2D eigenvalue weighted by atomic mass is 9.80. The number of hydrogen-bond acceptors (Lipinski definition) is 3. The molecule has 94 valence electrons. The van der Waals surface area contributed by atoms with Crippen molar-refractivity contribution < 1.29 is 14.3 Å². The topological polar surface area (TPSA) is 43.4 Å². The second-order valence-electron chi connectivity index (χ2n) is 4.77. The summed E-state index contributed by atoms with van der Waals surface area (Å²) in [7, 11) is 0. The second kappa shape index (κ2) is 4.77. The normalized spacial score (nSPS) is 22.5. The third-order valence-electron chi connectivity index (χ3n) is 3.00. The highest BCUT2D eigenvalue weighted by Gasteiger charge is 2.44. The third-order valence-corrected chi connectivity index (χ3v) is 3.00. The third kappa shape index (κ3) is 2.21. The Kier molecular flexibility index (Phi) is 3.32. The van der Waals surface area contributed by atoms with Gasteiger partial charge in [0.1, 0.15) is 5.41 Å². The van der Waals surface area contributed by atoms with Crippen LogP contribution in [0.2, 0.25) is 0 Å². The SMILES string of the molecule is CC(C)OC(=O)[C@@]1(c2ccccc2)C=CC(=O)C1. The maximum atomic E-state index is 12.3. The van der Waals surface area contributed by atoms with Crippen molar-refractivity contribution in [2.75, 3.05) is 0 Å². The smallest absolute Gasteiger partial charge is 0.321 e. The Morgan fingerprint density at radius 1 is 1.28 bits per heavy atom. The molecule has 1 aromatic carbocycles. The van der Waals surface area contributed by atoms with E-state index >= 15 is 0 Å². The molecule has 0 aliphatic heterocycles. The first-order chi connectivity index (χ1) is 8.54. The number of carbonyl (C=O) groups excluding carboxylic acids is 2. The molecular formula is C15H16O3. The fourth-order valence-corrected chi connectivity index (χ4v) is 2.14. The van der Waals surface area contributed by atoms with Crippen LogP contribution in [0.4, 0.5) is 0 Å². The number of rotatable bonds is 3. The number of carbonyl (C=O) groups is 2. The van der Waals surface area contributed by atoms with Gasteiger partial charge in [0, 0.05) is 6.42 Å². The molecule has 0 fully saturated rings. The van der Waals surface area contributed by atoms with Crippen molar-refractivity contribution in [3.8, 4) is 0 Å². The monoisotopic (exact) mass is 244 g/mol. The van der Waals surface area contributed by atoms with Crippen LogP contribution in [-0.4, -0.2) is 17.9 Å². The van der Waals surface area contributed by atoms with Gasteiger partial charge in [0.15, 0.2) is 5.78 Å².